The van der Waals surface area contributed by atoms with Crippen LogP contribution in [0.4, 0.5) is 4.39 Å². The van der Waals surface area contributed by atoms with Crippen molar-refractivity contribution in [3.8, 4) is 0 Å². The molecule has 1 aromatic carbocycles. The Morgan fingerprint density at radius 3 is 2.93 bits per heavy atom. The van der Waals surface area contributed by atoms with Crippen LogP contribution in [0.5, 0.6) is 0 Å². The molecule has 0 bridgehead atoms. The summed E-state index contributed by atoms with van der Waals surface area (Å²) in [4.78, 5) is 0.893. The van der Waals surface area contributed by atoms with Crippen LogP contribution in [0.3, 0.4) is 0 Å². The highest BCUT2D eigenvalue weighted by molar-refractivity contribution is 7.99. The van der Waals surface area contributed by atoms with Gasteiger partial charge in [-0.2, -0.15) is 0 Å². The van der Waals surface area contributed by atoms with Gasteiger partial charge in [-0.25, -0.2) is 4.39 Å². The number of thioether (sulfide) groups is 1. The molecule has 1 aromatic rings. The van der Waals surface area contributed by atoms with E-state index in [0.29, 0.717) is 5.75 Å². The molecule has 0 saturated heterocycles. The quantitative estimate of drug-likeness (QED) is 0.779. The summed E-state index contributed by atoms with van der Waals surface area (Å²) >= 11 is 1.52. The standard InChI is InChI=1S/C12H15FOS/c13-10-2-1-3-12(7-10)15-8-11(14)6-9-4-5-9/h1-3,7,9,11,14H,4-6,8H2. The lowest BCUT2D eigenvalue weighted by Gasteiger charge is -2.09. The summed E-state index contributed by atoms with van der Waals surface area (Å²) in [6.07, 6.45) is 3.19. The molecular formula is C12H15FOS. The topological polar surface area (TPSA) is 20.2 Å². The maximum absolute atomic E-state index is 12.8. The van der Waals surface area contributed by atoms with Gasteiger partial charge in [0, 0.05) is 10.6 Å². The number of hydrogen-bond acceptors (Lipinski definition) is 2. The summed E-state index contributed by atoms with van der Waals surface area (Å²) in [5, 5.41) is 9.68. The van der Waals surface area contributed by atoms with Crippen LogP contribution in [-0.4, -0.2) is 17.0 Å². The zero-order valence-corrected chi connectivity index (χ0v) is 9.34. The van der Waals surface area contributed by atoms with E-state index in [1.165, 1.54) is 36.7 Å². The third-order valence-corrected chi connectivity index (χ3v) is 3.68. The van der Waals surface area contributed by atoms with Crippen LogP contribution in [0.1, 0.15) is 19.3 Å². The fourth-order valence-corrected chi connectivity index (χ4v) is 2.45. The minimum atomic E-state index is -0.245. The molecule has 0 spiro atoms. The Hall–Kier alpha value is -0.540. The van der Waals surface area contributed by atoms with Crippen LogP contribution in [0, 0.1) is 11.7 Å². The van der Waals surface area contributed by atoms with E-state index in [4.69, 9.17) is 0 Å². The van der Waals surface area contributed by atoms with Crippen molar-refractivity contribution in [2.75, 3.05) is 5.75 Å². The summed E-state index contributed by atoms with van der Waals surface area (Å²) < 4.78 is 12.8. The zero-order chi connectivity index (χ0) is 10.7. The van der Waals surface area contributed by atoms with Gasteiger partial charge in [0.2, 0.25) is 0 Å². The van der Waals surface area contributed by atoms with Gasteiger partial charge < -0.3 is 5.11 Å². The molecule has 1 saturated carbocycles. The Morgan fingerprint density at radius 1 is 1.47 bits per heavy atom. The van der Waals surface area contributed by atoms with E-state index in [1.807, 2.05) is 6.07 Å². The highest BCUT2D eigenvalue weighted by Crippen LogP contribution is 2.34. The van der Waals surface area contributed by atoms with Crippen LogP contribution >= 0.6 is 11.8 Å². The van der Waals surface area contributed by atoms with Gasteiger partial charge in [-0.3, -0.25) is 0 Å². The van der Waals surface area contributed by atoms with Crippen molar-refractivity contribution in [3.05, 3.63) is 30.1 Å². The Morgan fingerprint density at radius 2 is 2.27 bits per heavy atom. The lowest BCUT2D eigenvalue weighted by atomic mass is 10.2. The summed E-state index contributed by atoms with van der Waals surface area (Å²) in [6.45, 7) is 0. The molecule has 1 aliphatic carbocycles. The molecule has 1 unspecified atom stereocenters. The lowest BCUT2D eigenvalue weighted by Crippen LogP contribution is -2.10. The Balaban J connectivity index is 1.76. The van der Waals surface area contributed by atoms with Crippen molar-refractivity contribution in [2.24, 2.45) is 5.92 Å². The molecule has 0 aliphatic heterocycles. The van der Waals surface area contributed by atoms with Gasteiger partial charge >= 0.3 is 0 Å². The minimum Gasteiger partial charge on any atom is -0.392 e. The lowest BCUT2D eigenvalue weighted by molar-refractivity contribution is 0.182. The SMILES string of the molecule is OC(CSc1cccc(F)c1)CC1CC1. The van der Waals surface area contributed by atoms with Crippen LogP contribution in [-0.2, 0) is 0 Å². The molecule has 82 valence electrons. The zero-order valence-electron chi connectivity index (χ0n) is 8.53. The Bertz CT molecular complexity index is 325. The molecule has 15 heavy (non-hydrogen) atoms. The predicted octanol–water partition coefficient (Wildman–Crippen LogP) is 3.08. The summed E-state index contributed by atoms with van der Waals surface area (Å²) in [6, 6.07) is 6.52. The number of benzene rings is 1. The molecule has 0 aromatic heterocycles. The second-order valence-corrected chi connectivity index (χ2v) is 5.19. The summed E-state index contributed by atoms with van der Waals surface area (Å²) in [7, 11) is 0. The fourth-order valence-electron chi connectivity index (χ4n) is 1.56. The first kappa shape index (κ1) is 11.0. The monoisotopic (exact) mass is 226 g/mol. The second-order valence-electron chi connectivity index (χ2n) is 4.10. The van der Waals surface area contributed by atoms with Gasteiger partial charge in [0.1, 0.15) is 5.82 Å². The average Bonchev–Trinajstić information content (AvgIpc) is 2.99. The number of rotatable bonds is 5. The van der Waals surface area contributed by atoms with Gasteiger partial charge in [0.05, 0.1) is 6.10 Å². The third kappa shape index (κ3) is 3.84. The summed E-state index contributed by atoms with van der Waals surface area (Å²) in [5.41, 5.74) is 0. The molecule has 0 heterocycles. The van der Waals surface area contributed by atoms with E-state index in [2.05, 4.69) is 0 Å². The van der Waals surface area contributed by atoms with Crippen LogP contribution in [0.15, 0.2) is 29.2 Å². The minimum absolute atomic E-state index is 0.211. The van der Waals surface area contributed by atoms with Crippen molar-refractivity contribution in [2.45, 2.75) is 30.3 Å². The molecule has 3 heteroatoms. The van der Waals surface area contributed by atoms with E-state index in [9.17, 15) is 9.50 Å². The van der Waals surface area contributed by atoms with E-state index < -0.39 is 0 Å². The first-order chi connectivity index (χ1) is 7.24. The van der Waals surface area contributed by atoms with E-state index in [1.54, 1.807) is 6.07 Å². The van der Waals surface area contributed by atoms with Gasteiger partial charge in [-0.15, -0.1) is 11.8 Å². The third-order valence-electron chi connectivity index (χ3n) is 2.54. The smallest absolute Gasteiger partial charge is 0.124 e. The molecule has 1 atom stereocenters. The van der Waals surface area contributed by atoms with Crippen molar-refractivity contribution >= 4 is 11.8 Å². The number of aliphatic hydroxyl groups is 1. The molecule has 0 radical (unpaired) electrons. The van der Waals surface area contributed by atoms with E-state index in [-0.39, 0.29) is 11.9 Å². The molecule has 1 aliphatic rings. The van der Waals surface area contributed by atoms with Gasteiger partial charge in [-0.1, -0.05) is 18.9 Å². The van der Waals surface area contributed by atoms with E-state index in [0.717, 1.165) is 17.2 Å². The van der Waals surface area contributed by atoms with Gasteiger partial charge in [0.25, 0.3) is 0 Å². The first-order valence-corrected chi connectivity index (χ1v) is 6.29. The summed E-state index contributed by atoms with van der Waals surface area (Å²) in [5.74, 6) is 1.20. The number of aliphatic hydroxyl groups excluding tert-OH is 1. The molecule has 1 fully saturated rings. The molecular weight excluding hydrogens is 211 g/mol. The van der Waals surface area contributed by atoms with Crippen LogP contribution < -0.4 is 0 Å². The number of halogens is 1. The maximum Gasteiger partial charge on any atom is 0.124 e. The van der Waals surface area contributed by atoms with Crippen molar-refractivity contribution in [1.29, 1.82) is 0 Å². The fraction of sp³-hybridized carbons (Fsp3) is 0.500. The molecule has 1 N–H and O–H groups in total. The second kappa shape index (κ2) is 4.99. The van der Waals surface area contributed by atoms with Crippen molar-refractivity contribution in [1.82, 2.24) is 0 Å². The van der Waals surface area contributed by atoms with Crippen molar-refractivity contribution < 1.29 is 9.50 Å². The average molecular weight is 226 g/mol. The normalized spacial score (nSPS) is 17.7. The van der Waals surface area contributed by atoms with Crippen LogP contribution in [0.2, 0.25) is 0 Å². The molecule has 1 nitrogen and oxygen atoms in total. The predicted molar refractivity (Wildman–Crippen MR) is 60.5 cm³/mol. The van der Waals surface area contributed by atoms with Crippen molar-refractivity contribution in [3.63, 3.8) is 0 Å². The Labute approximate surface area is 93.7 Å². The van der Waals surface area contributed by atoms with Gasteiger partial charge in [-0.05, 0) is 30.5 Å². The molecule has 2 rings (SSSR count). The highest BCUT2D eigenvalue weighted by atomic mass is 32.2. The maximum atomic E-state index is 12.8. The van der Waals surface area contributed by atoms with Crippen LogP contribution in [0.25, 0.3) is 0 Å². The Kier molecular flexibility index (Phi) is 3.65. The van der Waals surface area contributed by atoms with Gasteiger partial charge in [0.15, 0.2) is 0 Å². The largest absolute Gasteiger partial charge is 0.392 e. The highest BCUT2D eigenvalue weighted by Gasteiger charge is 2.24. The molecule has 0 amide bonds. The number of hydrogen-bond donors (Lipinski definition) is 1. The first-order valence-electron chi connectivity index (χ1n) is 5.30. The van der Waals surface area contributed by atoms with E-state index >= 15 is 0 Å².